The Balaban J connectivity index is 4.30. The summed E-state index contributed by atoms with van der Waals surface area (Å²) >= 11 is 0. The molecule has 1 unspecified atom stereocenters. The molecule has 0 aromatic heterocycles. The molecule has 0 spiro atoms. The number of carbonyl (C=O) groups excluding carboxylic acids is 3. The Hall–Kier alpha value is -3.15. The summed E-state index contributed by atoms with van der Waals surface area (Å²) in [4.78, 5) is 38.2. The van der Waals surface area contributed by atoms with E-state index in [1.54, 1.807) is 0 Å². The van der Waals surface area contributed by atoms with Gasteiger partial charge in [0.25, 0.3) is 0 Å². The van der Waals surface area contributed by atoms with Crippen molar-refractivity contribution in [1.82, 2.24) is 0 Å². The Bertz CT molecular complexity index is 1360. The Morgan fingerprint density at radius 2 is 0.534 bits per heavy atom. The summed E-state index contributed by atoms with van der Waals surface area (Å²) < 4.78 is 16.9. The number of unbranched alkanes of at least 4 members (excludes halogenated alkanes) is 34. The Morgan fingerprint density at radius 1 is 0.288 bits per heavy atom. The van der Waals surface area contributed by atoms with Gasteiger partial charge >= 0.3 is 17.9 Å². The van der Waals surface area contributed by atoms with Crippen molar-refractivity contribution in [3.05, 3.63) is 72.9 Å². The SMILES string of the molecule is CC/C=C\C/C=C\C/C=C\C/C=C\CCCCCCC(=O)OC(COC(=O)CCCCCCC/C=C\CCCCCC)COC(=O)CCCCCCCCCCCCCCC/C=C\CCCCCCCCCC. The fourth-order valence-electron chi connectivity index (χ4n) is 8.95. The van der Waals surface area contributed by atoms with Crippen LogP contribution in [0.2, 0.25) is 0 Å². The summed E-state index contributed by atoms with van der Waals surface area (Å²) in [5.74, 6) is -0.908. The van der Waals surface area contributed by atoms with Gasteiger partial charge in [0.2, 0.25) is 0 Å². The van der Waals surface area contributed by atoms with Crippen LogP contribution in [0.3, 0.4) is 0 Å². The van der Waals surface area contributed by atoms with Gasteiger partial charge in [-0.2, -0.15) is 0 Å². The lowest BCUT2D eigenvalue weighted by Gasteiger charge is -2.18. The molecule has 422 valence electrons. The highest BCUT2D eigenvalue weighted by atomic mass is 16.6. The predicted molar refractivity (Wildman–Crippen MR) is 316 cm³/mol. The molecule has 0 saturated carbocycles. The zero-order valence-corrected chi connectivity index (χ0v) is 48.4. The summed E-state index contributed by atoms with van der Waals surface area (Å²) in [7, 11) is 0. The largest absolute Gasteiger partial charge is 0.462 e. The molecule has 1 atom stereocenters. The molecule has 0 aromatic rings. The van der Waals surface area contributed by atoms with Gasteiger partial charge in [0.05, 0.1) is 0 Å². The van der Waals surface area contributed by atoms with E-state index in [1.165, 1.54) is 173 Å². The number of allylic oxidation sites excluding steroid dienone is 12. The third-order valence-electron chi connectivity index (χ3n) is 13.7. The van der Waals surface area contributed by atoms with Gasteiger partial charge in [0.15, 0.2) is 6.10 Å². The average molecular weight is 1020 g/mol. The third kappa shape index (κ3) is 59.6. The van der Waals surface area contributed by atoms with Crippen LogP contribution < -0.4 is 0 Å². The Morgan fingerprint density at radius 3 is 0.863 bits per heavy atom. The number of ether oxygens (including phenoxy) is 3. The van der Waals surface area contributed by atoms with E-state index in [-0.39, 0.29) is 31.1 Å². The van der Waals surface area contributed by atoms with Crippen LogP contribution in [0.1, 0.15) is 316 Å². The molecule has 0 radical (unpaired) electrons. The molecule has 0 amide bonds. The quantitative estimate of drug-likeness (QED) is 0.0261. The molecule has 0 saturated heterocycles. The standard InChI is InChI=1S/C67H118O6/c1-4-7-10-13-16-19-22-25-27-29-30-31-32-33-34-35-36-38-39-42-45-48-51-54-57-60-66(69)72-63-64(62-71-65(68)59-56-53-50-47-44-41-24-21-18-15-12-9-6-3)73-67(70)61-58-55-52-49-46-43-40-37-28-26-23-20-17-14-11-8-5-2/h8,11,17,20-21,24,26,28-30,40,43,64H,4-7,9-10,12-16,18-19,22-23,25,27,31-39,41-42,44-63H2,1-3H3/b11-8-,20-17-,24-21-,28-26-,30-29-,43-40-. The minimum atomic E-state index is -0.792. The molecule has 0 aliphatic carbocycles. The fourth-order valence-corrected chi connectivity index (χ4v) is 8.95. The van der Waals surface area contributed by atoms with E-state index in [2.05, 4.69) is 93.7 Å². The maximum Gasteiger partial charge on any atom is 0.306 e. The van der Waals surface area contributed by atoms with Crippen molar-refractivity contribution < 1.29 is 28.6 Å². The lowest BCUT2D eigenvalue weighted by atomic mass is 10.0. The topological polar surface area (TPSA) is 78.9 Å². The van der Waals surface area contributed by atoms with Gasteiger partial charge in [0.1, 0.15) is 13.2 Å². The maximum absolute atomic E-state index is 12.9. The highest BCUT2D eigenvalue weighted by Crippen LogP contribution is 2.16. The normalized spacial score (nSPS) is 12.5. The zero-order chi connectivity index (χ0) is 52.9. The number of carbonyl (C=O) groups is 3. The summed E-state index contributed by atoms with van der Waals surface area (Å²) in [5, 5.41) is 0. The predicted octanol–water partition coefficient (Wildman–Crippen LogP) is 21.3. The molecule has 0 aliphatic rings. The Labute approximate surface area is 453 Å². The van der Waals surface area contributed by atoms with Crippen molar-refractivity contribution in [3.63, 3.8) is 0 Å². The van der Waals surface area contributed by atoms with Gasteiger partial charge in [-0.15, -0.1) is 0 Å². The molecule has 0 N–H and O–H groups in total. The molecule has 0 bridgehead atoms. The summed E-state index contributed by atoms with van der Waals surface area (Å²) in [6.07, 6.45) is 79.1. The van der Waals surface area contributed by atoms with Crippen LogP contribution >= 0.6 is 0 Å². The van der Waals surface area contributed by atoms with Crippen LogP contribution in [0.25, 0.3) is 0 Å². The maximum atomic E-state index is 12.9. The molecular weight excluding hydrogens is 901 g/mol. The fraction of sp³-hybridized carbons (Fsp3) is 0.776. The van der Waals surface area contributed by atoms with E-state index in [0.29, 0.717) is 19.3 Å². The molecule has 6 heteroatoms. The molecule has 0 fully saturated rings. The van der Waals surface area contributed by atoms with Crippen LogP contribution in [0.4, 0.5) is 0 Å². The van der Waals surface area contributed by atoms with Crippen molar-refractivity contribution in [2.24, 2.45) is 0 Å². The summed E-state index contributed by atoms with van der Waals surface area (Å²) in [6, 6.07) is 0. The van der Waals surface area contributed by atoms with Crippen LogP contribution in [-0.4, -0.2) is 37.2 Å². The van der Waals surface area contributed by atoms with E-state index < -0.39 is 6.10 Å². The van der Waals surface area contributed by atoms with Gasteiger partial charge in [-0.3, -0.25) is 14.4 Å². The second kappa shape index (κ2) is 61.4. The number of esters is 3. The van der Waals surface area contributed by atoms with Gasteiger partial charge in [-0.05, 0) is 109 Å². The van der Waals surface area contributed by atoms with Crippen molar-refractivity contribution in [2.45, 2.75) is 322 Å². The monoisotopic (exact) mass is 1020 g/mol. The second-order valence-corrected chi connectivity index (χ2v) is 20.9. The lowest BCUT2D eigenvalue weighted by Crippen LogP contribution is -2.30. The molecule has 6 nitrogen and oxygen atoms in total. The number of hydrogen-bond donors (Lipinski definition) is 0. The van der Waals surface area contributed by atoms with Crippen molar-refractivity contribution in [1.29, 1.82) is 0 Å². The average Bonchev–Trinajstić information content (AvgIpc) is 3.39. The van der Waals surface area contributed by atoms with Gasteiger partial charge in [0, 0.05) is 19.3 Å². The lowest BCUT2D eigenvalue weighted by molar-refractivity contribution is -0.167. The smallest absolute Gasteiger partial charge is 0.306 e. The van der Waals surface area contributed by atoms with Gasteiger partial charge in [-0.25, -0.2) is 0 Å². The first-order chi connectivity index (χ1) is 36.0. The zero-order valence-electron chi connectivity index (χ0n) is 48.4. The molecule has 73 heavy (non-hydrogen) atoms. The first-order valence-electron chi connectivity index (χ1n) is 31.4. The van der Waals surface area contributed by atoms with Crippen molar-refractivity contribution >= 4 is 17.9 Å². The van der Waals surface area contributed by atoms with E-state index >= 15 is 0 Å². The van der Waals surface area contributed by atoms with E-state index in [1.807, 2.05) is 0 Å². The van der Waals surface area contributed by atoms with E-state index in [4.69, 9.17) is 14.2 Å². The van der Waals surface area contributed by atoms with E-state index in [0.717, 1.165) is 103 Å². The van der Waals surface area contributed by atoms with Crippen LogP contribution in [0.5, 0.6) is 0 Å². The van der Waals surface area contributed by atoms with Crippen LogP contribution in [0, 0.1) is 0 Å². The molecule has 0 aliphatic heterocycles. The molecule has 0 rings (SSSR count). The highest BCUT2D eigenvalue weighted by Gasteiger charge is 2.19. The summed E-state index contributed by atoms with van der Waals surface area (Å²) in [5.41, 5.74) is 0. The van der Waals surface area contributed by atoms with Gasteiger partial charge < -0.3 is 14.2 Å². The summed E-state index contributed by atoms with van der Waals surface area (Å²) in [6.45, 7) is 6.51. The van der Waals surface area contributed by atoms with Crippen LogP contribution in [0.15, 0.2) is 72.9 Å². The van der Waals surface area contributed by atoms with Crippen LogP contribution in [-0.2, 0) is 28.6 Å². The van der Waals surface area contributed by atoms with E-state index in [9.17, 15) is 14.4 Å². The number of rotatable bonds is 57. The Kier molecular flexibility index (Phi) is 58.7. The highest BCUT2D eigenvalue weighted by molar-refractivity contribution is 5.71. The molecule has 0 heterocycles. The van der Waals surface area contributed by atoms with Crippen molar-refractivity contribution in [3.8, 4) is 0 Å². The first-order valence-corrected chi connectivity index (χ1v) is 31.4. The number of hydrogen-bond acceptors (Lipinski definition) is 6. The third-order valence-corrected chi connectivity index (χ3v) is 13.7. The minimum Gasteiger partial charge on any atom is -0.462 e. The minimum absolute atomic E-state index is 0.0866. The first kappa shape index (κ1) is 69.8. The van der Waals surface area contributed by atoms with Crippen molar-refractivity contribution in [2.75, 3.05) is 13.2 Å². The second-order valence-electron chi connectivity index (χ2n) is 20.9. The van der Waals surface area contributed by atoms with Gasteiger partial charge in [-0.1, -0.05) is 261 Å². The molecule has 0 aromatic carbocycles. The molecular formula is C67H118O6.